The van der Waals surface area contributed by atoms with E-state index in [9.17, 15) is 9.59 Å². The van der Waals surface area contributed by atoms with Gasteiger partial charge in [0.1, 0.15) is 5.54 Å². The summed E-state index contributed by atoms with van der Waals surface area (Å²) in [6, 6.07) is -0.285. The van der Waals surface area contributed by atoms with Crippen molar-refractivity contribution in [2.45, 2.75) is 52.0 Å². The number of urea groups is 1. The molecule has 0 aromatic heterocycles. The topological polar surface area (TPSA) is 69.6 Å². The normalized spacial score (nSPS) is 23.9. The lowest BCUT2D eigenvalue weighted by atomic mass is 9.91. The molecule has 1 atom stereocenters. The van der Waals surface area contributed by atoms with Crippen molar-refractivity contribution in [1.29, 1.82) is 0 Å². The van der Waals surface area contributed by atoms with E-state index >= 15 is 0 Å². The van der Waals surface area contributed by atoms with Crippen molar-refractivity contribution >= 4 is 11.9 Å². The number of rotatable bonds is 7. The average Bonchev–Trinajstić information content (AvgIpc) is 2.45. The molecule has 1 rings (SSSR count). The molecule has 18 heavy (non-hydrogen) atoms. The van der Waals surface area contributed by atoms with Crippen LogP contribution in [0.3, 0.4) is 0 Å². The predicted octanol–water partition coefficient (Wildman–Crippen LogP) is 1.51. The lowest BCUT2D eigenvalue weighted by Crippen LogP contribution is -2.45. The number of imide groups is 1. The quantitative estimate of drug-likeness (QED) is 0.536. The number of amides is 3. The molecule has 0 radical (unpaired) electrons. The molecule has 3 amide bonds. The summed E-state index contributed by atoms with van der Waals surface area (Å²) in [6.45, 7) is 6.47. The van der Waals surface area contributed by atoms with Gasteiger partial charge in [0.2, 0.25) is 0 Å². The second-order valence-corrected chi connectivity index (χ2v) is 5.60. The van der Waals surface area contributed by atoms with Crippen LogP contribution in [0.2, 0.25) is 0 Å². The molecule has 1 heterocycles. The average molecular weight is 256 g/mol. The summed E-state index contributed by atoms with van der Waals surface area (Å²) < 4.78 is 0. The number of carbonyl (C=O) groups excluding carboxylic acids is 2. The summed E-state index contributed by atoms with van der Waals surface area (Å²) in [5, 5.41) is 11.5. The van der Waals surface area contributed by atoms with Crippen molar-refractivity contribution in [3.63, 3.8) is 0 Å². The summed E-state index contributed by atoms with van der Waals surface area (Å²) in [7, 11) is 0. The molecule has 0 aromatic carbocycles. The molecule has 0 bridgehead atoms. The van der Waals surface area contributed by atoms with Crippen LogP contribution in [0.4, 0.5) is 4.79 Å². The molecule has 1 saturated heterocycles. The lowest BCUT2D eigenvalue weighted by Gasteiger charge is -2.23. The van der Waals surface area contributed by atoms with Gasteiger partial charge in [0, 0.05) is 13.2 Å². The van der Waals surface area contributed by atoms with E-state index in [1.807, 2.05) is 13.8 Å². The zero-order valence-electron chi connectivity index (χ0n) is 11.5. The van der Waals surface area contributed by atoms with Crippen molar-refractivity contribution in [3.8, 4) is 0 Å². The Hall–Kier alpha value is -1.10. The first-order chi connectivity index (χ1) is 8.40. The van der Waals surface area contributed by atoms with Crippen molar-refractivity contribution < 1.29 is 14.7 Å². The van der Waals surface area contributed by atoms with Gasteiger partial charge >= 0.3 is 6.03 Å². The van der Waals surface area contributed by atoms with Gasteiger partial charge in [0.05, 0.1) is 0 Å². The molecule has 5 nitrogen and oxygen atoms in total. The van der Waals surface area contributed by atoms with Crippen LogP contribution in [0.25, 0.3) is 0 Å². The third-order valence-electron chi connectivity index (χ3n) is 3.20. The maximum atomic E-state index is 12.2. The van der Waals surface area contributed by atoms with Gasteiger partial charge in [-0.1, -0.05) is 13.8 Å². The molecule has 104 valence electrons. The molecule has 0 aliphatic carbocycles. The lowest BCUT2D eigenvalue weighted by molar-refractivity contribution is -0.131. The Morgan fingerprint density at radius 2 is 1.94 bits per heavy atom. The summed E-state index contributed by atoms with van der Waals surface area (Å²) in [5.74, 6) is 0.235. The van der Waals surface area contributed by atoms with Gasteiger partial charge in [-0.25, -0.2) is 4.79 Å². The maximum absolute atomic E-state index is 12.2. The molecule has 2 N–H and O–H groups in total. The van der Waals surface area contributed by atoms with Crippen LogP contribution in [0.1, 0.15) is 46.5 Å². The van der Waals surface area contributed by atoms with Crippen LogP contribution >= 0.6 is 0 Å². The smallest absolute Gasteiger partial charge is 0.325 e. The molecular formula is C13H24N2O3. The van der Waals surface area contributed by atoms with E-state index in [2.05, 4.69) is 5.32 Å². The molecule has 0 spiro atoms. The van der Waals surface area contributed by atoms with Crippen molar-refractivity contribution in [2.75, 3.05) is 13.2 Å². The van der Waals surface area contributed by atoms with Gasteiger partial charge in [-0.2, -0.15) is 0 Å². The second-order valence-electron chi connectivity index (χ2n) is 5.60. The van der Waals surface area contributed by atoms with Gasteiger partial charge in [-0.05, 0) is 38.5 Å². The Kier molecular flexibility index (Phi) is 5.14. The second kappa shape index (κ2) is 6.18. The largest absolute Gasteiger partial charge is 0.396 e. The van der Waals surface area contributed by atoms with E-state index in [0.717, 1.165) is 12.8 Å². The highest BCUT2D eigenvalue weighted by atomic mass is 16.3. The van der Waals surface area contributed by atoms with Gasteiger partial charge in [-0.15, -0.1) is 0 Å². The van der Waals surface area contributed by atoms with E-state index in [1.54, 1.807) is 6.92 Å². The zero-order valence-corrected chi connectivity index (χ0v) is 11.5. The Morgan fingerprint density at radius 1 is 1.28 bits per heavy atom. The van der Waals surface area contributed by atoms with Crippen LogP contribution in [0.5, 0.6) is 0 Å². The Balaban J connectivity index is 2.55. The zero-order chi connectivity index (χ0) is 13.8. The van der Waals surface area contributed by atoms with E-state index in [-0.39, 0.29) is 18.5 Å². The number of nitrogens with one attached hydrogen (secondary N) is 1. The fourth-order valence-corrected chi connectivity index (χ4v) is 2.46. The van der Waals surface area contributed by atoms with Gasteiger partial charge in [0.25, 0.3) is 5.91 Å². The monoisotopic (exact) mass is 256 g/mol. The van der Waals surface area contributed by atoms with E-state index in [0.29, 0.717) is 25.3 Å². The third-order valence-corrected chi connectivity index (χ3v) is 3.20. The molecule has 1 aliphatic rings. The Bertz CT molecular complexity index is 317. The van der Waals surface area contributed by atoms with Crippen molar-refractivity contribution in [2.24, 2.45) is 5.92 Å². The summed E-state index contributed by atoms with van der Waals surface area (Å²) in [5.41, 5.74) is -0.748. The van der Waals surface area contributed by atoms with Crippen LogP contribution in [0.15, 0.2) is 0 Å². The Labute approximate surface area is 109 Å². The predicted molar refractivity (Wildman–Crippen MR) is 69.0 cm³/mol. The fourth-order valence-electron chi connectivity index (χ4n) is 2.46. The number of aliphatic hydroxyl groups is 1. The molecule has 5 heteroatoms. The maximum Gasteiger partial charge on any atom is 0.325 e. The van der Waals surface area contributed by atoms with Gasteiger partial charge in [-0.3, -0.25) is 9.69 Å². The minimum Gasteiger partial charge on any atom is -0.396 e. The number of nitrogens with zero attached hydrogens (tertiary/aromatic N) is 1. The first-order valence-electron chi connectivity index (χ1n) is 6.65. The number of unbranched alkanes of at least 4 members (excludes halogenated alkanes) is 2. The van der Waals surface area contributed by atoms with E-state index in [1.165, 1.54) is 4.90 Å². The summed E-state index contributed by atoms with van der Waals surface area (Å²) >= 11 is 0. The standard InChI is InChI=1S/C13H24N2O3/c1-10(2)9-13(3)11(17)15(12(18)14-13)7-5-4-6-8-16/h10,16H,4-9H2,1-3H3,(H,14,18). The highest BCUT2D eigenvalue weighted by Crippen LogP contribution is 2.25. The molecule has 1 fully saturated rings. The molecule has 0 aromatic rings. The number of hydrogen-bond acceptors (Lipinski definition) is 3. The molecule has 1 unspecified atom stereocenters. The van der Waals surface area contributed by atoms with Crippen LogP contribution in [-0.4, -0.2) is 40.6 Å². The van der Waals surface area contributed by atoms with Crippen LogP contribution in [-0.2, 0) is 4.79 Å². The number of aliphatic hydroxyl groups excluding tert-OH is 1. The highest BCUT2D eigenvalue weighted by Gasteiger charge is 2.47. The first kappa shape index (κ1) is 15.0. The van der Waals surface area contributed by atoms with Crippen molar-refractivity contribution in [1.82, 2.24) is 10.2 Å². The van der Waals surface area contributed by atoms with Gasteiger partial charge in [0.15, 0.2) is 0 Å². The minimum absolute atomic E-state index is 0.120. The van der Waals surface area contributed by atoms with E-state index < -0.39 is 5.54 Å². The minimum atomic E-state index is -0.748. The highest BCUT2D eigenvalue weighted by molar-refractivity contribution is 6.06. The molecule has 0 saturated carbocycles. The van der Waals surface area contributed by atoms with Crippen LogP contribution < -0.4 is 5.32 Å². The van der Waals surface area contributed by atoms with E-state index in [4.69, 9.17) is 5.11 Å². The summed E-state index contributed by atoms with van der Waals surface area (Å²) in [4.78, 5) is 25.3. The Morgan fingerprint density at radius 3 is 2.50 bits per heavy atom. The fraction of sp³-hybridized carbons (Fsp3) is 0.846. The SMILES string of the molecule is CC(C)CC1(C)NC(=O)N(CCCCCO)C1=O. The third kappa shape index (κ3) is 3.45. The molecular weight excluding hydrogens is 232 g/mol. The van der Waals surface area contributed by atoms with Gasteiger partial charge < -0.3 is 10.4 Å². The van der Waals surface area contributed by atoms with Crippen LogP contribution in [0, 0.1) is 5.92 Å². The summed E-state index contributed by atoms with van der Waals surface area (Å²) in [6.07, 6.45) is 2.95. The molecule has 1 aliphatic heterocycles. The number of carbonyl (C=O) groups is 2. The van der Waals surface area contributed by atoms with Crippen molar-refractivity contribution in [3.05, 3.63) is 0 Å². The first-order valence-corrected chi connectivity index (χ1v) is 6.65. The number of hydrogen-bond donors (Lipinski definition) is 2.